The summed E-state index contributed by atoms with van der Waals surface area (Å²) >= 11 is 0. The molecule has 0 N–H and O–H groups in total. The molecule has 2 aromatic rings. The van der Waals surface area contributed by atoms with Crippen molar-refractivity contribution in [1.82, 2.24) is 0 Å². The Hall–Kier alpha value is -1.89. The van der Waals surface area contributed by atoms with Crippen LogP contribution in [0.25, 0.3) is 0 Å². The number of carbonyl (C=O) groups is 1. The van der Waals surface area contributed by atoms with E-state index in [0.717, 1.165) is 11.1 Å². The van der Waals surface area contributed by atoms with E-state index >= 15 is 0 Å². The fourth-order valence-electron chi connectivity index (χ4n) is 2.35. The molecule has 0 bridgehead atoms. The predicted octanol–water partition coefficient (Wildman–Crippen LogP) is 4.02. The number of Topliss-reactive ketones (excluding diaryl/α,β-unsaturated/α-hetero) is 1. The summed E-state index contributed by atoms with van der Waals surface area (Å²) in [6, 6.07) is 16.3. The normalized spacial score (nSPS) is 12.2. The van der Waals surface area contributed by atoms with Gasteiger partial charge in [-0.2, -0.15) is 0 Å². The molecule has 0 aliphatic carbocycles. The Morgan fingerprint density at radius 1 is 1.00 bits per heavy atom. The van der Waals surface area contributed by atoms with Crippen molar-refractivity contribution in [3.8, 4) is 0 Å². The average molecular weight is 238 g/mol. The van der Waals surface area contributed by atoms with Gasteiger partial charge in [-0.25, -0.2) is 0 Å². The molecule has 0 aliphatic rings. The molecule has 0 heterocycles. The molecule has 0 aliphatic heterocycles. The van der Waals surface area contributed by atoms with Crippen molar-refractivity contribution < 1.29 is 4.79 Å². The van der Waals surface area contributed by atoms with E-state index in [1.165, 1.54) is 11.1 Å². The zero-order valence-electron chi connectivity index (χ0n) is 11.1. The summed E-state index contributed by atoms with van der Waals surface area (Å²) in [6.45, 7) is 5.79. The van der Waals surface area contributed by atoms with Crippen LogP contribution in [0.2, 0.25) is 0 Å². The molecule has 1 nitrogen and oxygen atoms in total. The lowest BCUT2D eigenvalue weighted by molar-refractivity contribution is -0.117. The molecular weight excluding hydrogens is 220 g/mol. The third kappa shape index (κ3) is 2.51. The topological polar surface area (TPSA) is 17.1 Å². The van der Waals surface area contributed by atoms with E-state index in [1.807, 2.05) is 30.3 Å². The molecule has 0 fully saturated rings. The van der Waals surface area contributed by atoms with Gasteiger partial charge in [0.25, 0.3) is 0 Å². The standard InChI is InChI=1S/C17H18O/c1-12-9-10-13(2)16(11-12)17(14(3)18)15-7-5-4-6-8-15/h4-11,17H,1-3H3/t17-/m0/s1. The molecular formula is C17H18O. The molecule has 0 amide bonds. The van der Waals surface area contributed by atoms with Crippen molar-refractivity contribution in [3.05, 3.63) is 70.8 Å². The highest BCUT2D eigenvalue weighted by Crippen LogP contribution is 2.28. The van der Waals surface area contributed by atoms with Crippen LogP contribution in [0.3, 0.4) is 0 Å². The molecule has 0 saturated carbocycles. The fourth-order valence-corrected chi connectivity index (χ4v) is 2.35. The highest BCUT2D eigenvalue weighted by Gasteiger charge is 2.20. The minimum atomic E-state index is -0.147. The Morgan fingerprint density at radius 3 is 2.28 bits per heavy atom. The van der Waals surface area contributed by atoms with Gasteiger partial charge in [0.05, 0.1) is 5.92 Å². The van der Waals surface area contributed by atoms with E-state index in [4.69, 9.17) is 0 Å². The van der Waals surface area contributed by atoms with Gasteiger partial charge in [-0.05, 0) is 37.5 Å². The smallest absolute Gasteiger partial charge is 0.141 e. The Balaban J connectivity index is 2.55. The minimum Gasteiger partial charge on any atom is -0.299 e. The quantitative estimate of drug-likeness (QED) is 0.789. The summed E-state index contributed by atoms with van der Waals surface area (Å²) in [5.74, 6) is 0.0426. The summed E-state index contributed by atoms with van der Waals surface area (Å²) in [4.78, 5) is 12.0. The fraction of sp³-hybridized carbons (Fsp3) is 0.235. The Labute approximate surface area is 108 Å². The first-order chi connectivity index (χ1) is 8.59. The van der Waals surface area contributed by atoms with Gasteiger partial charge in [0.1, 0.15) is 5.78 Å². The molecule has 1 atom stereocenters. The van der Waals surface area contributed by atoms with Crippen LogP contribution in [-0.4, -0.2) is 5.78 Å². The molecule has 18 heavy (non-hydrogen) atoms. The van der Waals surface area contributed by atoms with Crippen molar-refractivity contribution in [2.24, 2.45) is 0 Å². The first-order valence-electron chi connectivity index (χ1n) is 6.22. The Bertz CT molecular complexity index is 555. The van der Waals surface area contributed by atoms with Crippen molar-refractivity contribution in [3.63, 3.8) is 0 Å². The lowest BCUT2D eigenvalue weighted by Gasteiger charge is -2.18. The Kier molecular flexibility index (Phi) is 3.61. The maximum atomic E-state index is 12.0. The maximum absolute atomic E-state index is 12.0. The largest absolute Gasteiger partial charge is 0.299 e. The van der Waals surface area contributed by atoms with E-state index < -0.39 is 0 Å². The molecule has 0 radical (unpaired) electrons. The van der Waals surface area contributed by atoms with Crippen LogP contribution in [0.1, 0.15) is 35.1 Å². The molecule has 2 rings (SSSR count). The zero-order chi connectivity index (χ0) is 13.1. The highest BCUT2D eigenvalue weighted by atomic mass is 16.1. The molecule has 0 spiro atoms. The summed E-state index contributed by atoms with van der Waals surface area (Å²) < 4.78 is 0. The van der Waals surface area contributed by atoms with Gasteiger partial charge in [-0.3, -0.25) is 4.79 Å². The number of carbonyl (C=O) groups excluding carboxylic acids is 1. The third-order valence-corrected chi connectivity index (χ3v) is 3.29. The van der Waals surface area contributed by atoms with Crippen molar-refractivity contribution >= 4 is 5.78 Å². The van der Waals surface area contributed by atoms with Crippen LogP contribution in [-0.2, 0) is 4.79 Å². The van der Waals surface area contributed by atoms with Gasteiger partial charge in [0.15, 0.2) is 0 Å². The summed E-state index contributed by atoms with van der Waals surface area (Å²) in [5, 5.41) is 0. The molecule has 1 heteroatoms. The third-order valence-electron chi connectivity index (χ3n) is 3.29. The van der Waals surface area contributed by atoms with Gasteiger partial charge in [0, 0.05) is 0 Å². The van der Waals surface area contributed by atoms with Gasteiger partial charge >= 0.3 is 0 Å². The van der Waals surface area contributed by atoms with Crippen LogP contribution in [0.4, 0.5) is 0 Å². The monoisotopic (exact) mass is 238 g/mol. The van der Waals surface area contributed by atoms with Crippen LogP contribution in [0.15, 0.2) is 48.5 Å². The van der Waals surface area contributed by atoms with E-state index in [1.54, 1.807) is 6.92 Å². The molecule has 2 aromatic carbocycles. The number of rotatable bonds is 3. The first-order valence-corrected chi connectivity index (χ1v) is 6.22. The lowest BCUT2D eigenvalue weighted by atomic mass is 9.85. The van der Waals surface area contributed by atoms with Gasteiger partial charge < -0.3 is 0 Å². The van der Waals surface area contributed by atoms with Crippen molar-refractivity contribution in [2.45, 2.75) is 26.7 Å². The number of ketones is 1. The molecule has 0 aromatic heterocycles. The van der Waals surface area contributed by atoms with Gasteiger partial charge in [-0.1, -0.05) is 54.1 Å². The van der Waals surface area contributed by atoms with Crippen molar-refractivity contribution in [1.29, 1.82) is 0 Å². The van der Waals surface area contributed by atoms with Crippen LogP contribution >= 0.6 is 0 Å². The van der Waals surface area contributed by atoms with E-state index in [0.29, 0.717) is 0 Å². The summed E-state index contributed by atoms with van der Waals surface area (Å²) in [7, 11) is 0. The number of benzene rings is 2. The van der Waals surface area contributed by atoms with E-state index in [-0.39, 0.29) is 11.7 Å². The summed E-state index contributed by atoms with van der Waals surface area (Å²) in [6.07, 6.45) is 0. The second kappa shape index (κ2) is 5.18. The minimum absolute atomic E-state index is 0.147. The molecule has 0 saturated heterocycles. The van der Waals surface area contributed by atoms with Crippen LogP contribution < -0.4 is 0 Å². The molecule has 92 valence electrons. The lowest BCUT2D eigenvalue weighted by Crippen LogP contribution is -2.12. The van der Waals surface area contributed by atoms with Crippen LogP contribution in [0.5, 0.6) is 0 Å². The van der Waals surface area contributed by atoms with E-state index in [9.17, 15) is 4.79 Å². The van der Waals surface area contributed by atoms with Crippen molar-refractivity contribution in [2.75, 3.05) is 0 Å². The number of hydrogen-bond acceptors (Lipinski definition) is 1. The maximum Gasteiger partial charge on any atom is 0.141 e. The second-order valence-electron chi connectivity index (χ2n) is 4.81. The Morgan fingerprint density at radius 2 is 1.67 bits per heavy atom. The highest BCUT2D eigenvalue weighted by molar-refractivity contribution is 5.87. The summed E-state index contributed by atoms with van der Waals surface area (Å²) in [5.41, 5.74) is 4.55. The van der Waals surface area contributed by atoms with Gasteiger partial charge in [-0.15, -0.1) is 0 Å². The van der Waals surface area contributed by atoms with E-state index in [2.05, 4.69) is 32.0 Å². The first kappa shape index (κ1) is 12.6. The van der Waals surface area contributed by atoms with Gasteiger partial charge in [0.2, 0.25) is 0 Å². The predicted molar refractivity (Wildman–Crippen MR) is 74.9 cm³/mol. The number of hydrogen-bond donors (Lipinski definition) is 0. The SMILES string of the molecule is CC(=O)[C@@H](c1ccccc1)c1cc(C)ccc1C. The average Bonchev–Trinajstić information content (AvgIpc) is 2.35. The molecule has 0 unspecified atom stereocenters. The zero-order valence-corrected chi connectivity index (χ0v) is 11.1. The van der Waals surface area contributed by atoms with Crippen LogP contribution in [0, 0.1) is 13.8 Å². The number of aryl methyl sites for hydroxylation is 2. The second-order valence-corrected chi connectivity index (χ2v) is 4.81.